The van der Waals surface area contributed by atoms with E-state index in [1.165, 1.54) is 37.8 Å². The molecule has 1 aliphatic carbocycles. The zero-order chi connectivity index (χ0) is 12.3. The predicted molar refractivity (Wildman–Crippen MR) is 65.6 cm³/mol. The first-order valence-electron chi connectivity index (χ1n) is 6.55. The standard InChI is InChI=1S/C13H20N4/c1-10(2)13-12(8-9-14)15-16-17(13)11-6-4-3-5-7-11/h10-11H,3-8H2,1-2H3. The Kier molecular flexibility index (Phi) is 3.78. The van der Waals surface area contributed by atoms with Crippen molar-refractivity contribution in [3.63, 3.8) is 0 Å². The third kappa shape index (κ3) is 2.49. The average Bonchev–Trinajstić information content (AvgIpc) is 2.74. The second-order valence-electron chi connectivity index (χ2n) is 5.15. The van der Waals surface area contributed by atoms with Gasteiger partial charge in [0.05, 0.1) is 24.2 Å². The van der Waals surface area contributed by atoms with Gasteiger partial charge in [0.2, 0.25) is 0 Å². The maximum absolute atomic E-state index is 8.82. The van der Waals surface area contributed by atoms with Crippen LogP contribution in [0.15, 0.2) is 0 Å². The van der Waals surface area contributed by atoms with Crippen molar-refractivity contribution in [2.45, 2.75) is 64.3 Å². The first-order chi connectivity index (χ1) is 8.24. The number of hydrogen-bond donors (Lipinski definition) is 0. The van der Waals surface area contributed by atoms with Crippen molar-refractivity contribution in [2.75, 3.05) is 0 Å². The van der Waals surface area contributed by atoms with Crippen LogP contribution < -0.4 is 0 Å². The Hall–Kier alpha value is -1.37. The van der Waals surface area contributed by atoms with Crippen LogP contribution in [0.5, 0.6) is 0 Å². The Morgan fingerprint density at radius 3 is 2.65 bits per heavy atom. The predicted octanol–water partition coefficient (Wildman–Crippen LogP) is 2.97. The van der Waals surface area contributed by atoms with Gasteiger partial charge in [-0.1, -0.05) is 38.3 Å². The van der Waals surface area contributed by atoms with Crippen LogP contribution in [-0.4, -0.2) is 15.0 Å². The molecule has 0 saturated heterocycles. The zero-order valence-corrected chi connectivity index (χ0v) is 10.7. The molecule has 1 aromatic rings. The molecule has 0 bridgehead atoms. The van der Waals surface area contributed by atoms with Crippen molar-refractivity contribution in [3.8, 4) is 6.07 Å². The summed E-state index contributed by atoms with van der Waals surface area (Å²) >= 11 is 0. The van der Waals surface area contributed by atoms with Gasteiger partial charge in [-0.25, -0.2) is 4.68 Å². The molecule has 92 valence electrons. The minimum Gasteiger partial charge on any atom is -0.246 e. The molecule has 0 atom stereocenters. The minimum atomic E-state index is 0.375. The molecule has 4 nitrogen and oxygen atoms in total. The van der Waals surface area contributed by atoms with Crippen molar-refractivity contribution in [3.05, 3.63) is 11.4 Å². The van der Waals surface area contributed by atoms with Crippen LogP contribution in [0, 0.1) is 11.3 Å². The first-order valence-corrected chi connectivity index (χ1v) is 6.55. The highest BCUT2D eigenvalue weighted by Crippen LogP contribution is 2.31. The number of nitrogens with zero attached hydrogens (tertiary/aromatic N) is 4. The van der Waals surface area contributed by atoms with Crippen molar-refractivity contribution < 1.29 is 0 Å². The Morgan fingerprint density at radius 1 is 1.35 bits per heavy atom. The minimum absolute atomic E-state index is 0.375. The SMILES string of the molecule is CC(C)c1c(CC#N)nnn1C1CCCCC1. The molecule has 1 fully saturated rings. The summed E-state index contributed by atoms with van der Waals surface area (Å²) in [4.78, 5) is 0. The van der Waals surface area contributed by atoms with Crippen LogP contribution in [0.1, 0.15) is 69.3 Å². The summed E-state index contributed by atoms with van der Waals surface area (Å²) in [7, 11) is 0. The van der Waals surface area contributed by atoms with E-state index in [9.17, 15) is 0 Å². The molecule has 0 spiro atoms. The van der Waals surface area contributed by atoms with Crippen LogP contribution in [0.4, 0.5) is 0 Å². The maximum atomic E-state index is 8.82. The molecule has 1 aromatic heterocycles. The van der Waals surface area contributed by atoms with E-state index in [1.54, 1.807) is 0 Å². The monoisotopic (exact) mass is 232 g/mol. The Labute approximate surface area is 103 Å². The highest BCUT2D eigenvalue weighted by Gasteiger charge is 2.23. The van der Waals surface area contributed by atoms with E-state index in [1.807, 2.05) is 0 Å². The van der Waals surface area contributed by atoms with Gasteiger partial charge in [0.25, 0.3) is 0 Å². The van der Waals surface area contributed by atoms with Gasteiger partial charge in [-0.15, -0.1) is 5.10 Å². The summed E-state index contributed by atoms with van der Waals surface area (Å²) in [6, 6.07) is 2.68. The van der Waals surface area contributed by atoms with Crippen molar-refractivity contribution in [1.82, 2.24) is 15.0 Å². The van der Waals surface area contributed by atoms with E-state index in [2.05, 4.69) is 34.9 Å². The third-order valence-electron chi connectivity index (χ3n) is 3.52. The molecule has 0 aliphatic heterocycles. The first kappa shape index (κ1) is 12.1. The largest absolute Gasteiger partial charge is 0.246 e. The average molecular weight is 232 g/mol. The molecule has 0 aromatic carbocycles. The lowest BCUT2D eigenvalue weighted by atomic mass is 9.94. The quantitative estimate of drug-likeness (QED) is 0.805. The fraction of sp³-hybridized carbons (Fsp3) is 0.769. The summed E-state index contributed by atoms with van der Waals surface area (Å²) in [5.74, 6) is 0.385. The molecule has 1 heterocycles. The van der Waals surface area contributed by atoms with Crippen molar-refractivity contribution >= 4 is 0 Å². The van der Waals surface area contributed by atoms with E-state index >= 15 is 0 Å². The second kappa shape index (κ2) is 5.31. The summed E-state index contributed by atoms with van der Waals surface area (Å²) in [6.07, 6.45) is 6.70. The van der Waals surface area contributed by atoms with Gasteiger partial charge in [-0.3, -0.25) is 0 Å². The number of hydrogen-bond acceptors (Lipinski definition) is 3. The van der Waals surface area contributed by atoms with E-state index in [4.69, 9.17) is 5.26 Å². The van der Waals surface area contributed by atoms with Crippen LogP contribution in [-0.2, 0) is 6.42 Å². The molecular weight excluding hydrogens is 212 g/mol. The normalized spacial score (nSPS) is 17.3. The fourth-order valence-electron chi connectivity index (χ4n) is 2.73. The molecular formula is C13H20N4. The molecule has 1 saturated carbocycles. The summed E-state index contributed by atoms with van der Waals surface area (Å²) in [5, 5.41) is 17.3. The molecule has 0 unspecified atom stereocenters. The van der Waals surface area contributed by atoms with Crippen LogP contribution in [0.25, 0.3) is 0 Å². The lowest BCUT2D eigenvalue weighted by Gasteiger charge is -2.24. The Balaban J connectivity index is 2.29. The second-order valence-corrected chi connectivity index (χ2v) is 5.15. The summed E-state index contributed by atoms with van der Waals surface area (Å²) in [6.45, 7) is 4.30. The number of aromatic nitrogens is 3. The summed E-state index contributed by atoms with van der Waals surface area (Å²) < 4.78 is 2.09. The van der Waals surface area contributed by atoms with E-state index < -0.39 is 0 Å². The lowest BCUT2D eigenvalue weighted by Crippen LogP contribution is -2.17. The van der Waals surface area contributed by atoms with Gasteiger partial charge in [0.15, 0.2) is 0 Å². The molecule has 17 heavy (non-hydrogen) atoms. The lowest BCUT2D eigenvalue weighted by molar-refractivity contribution is 0.314. The number of nitriles is 1. The Morgan fingerprint density at radius 2 is 2.06 bits per heavy atom. The van der Waals surface area contributed by atoms with Gasteiger partial charge in [-0.05, 0) is 18.8 Å². The van der Waals surface area contributed by atoms with Gasteiger partial charge >= 0.3 is 0 Å². The third-order valence-corrected chi connectivity index (χ3v) is 3.52. The molecule has 2 rings (SSSR count). The number of rotatable bonds is 3. The van der Waals surface area contributed by atoms with E-state index in [-0.39, 0.29) is 0 Å². The van der Waals surface area contributed by atoms with Gasteiger partial charge in [0, 0.05) is 0 Å². The molecule has 0 radical (unpaired) electrons. The topological polar surface area (TPSA) is 54.5 Å². The van der Waals surface area contributed by atoms with E-state index in [0.29, 0.717) is 18.4 Å². The van der Waals surface area contributed by atoms with Crippen molar-refractivity contribution in [1.29, 1.82) is 5.26 Å². The highest BCUT2D eigenvalue weighted by molar-refractivity contribution is 5.18. The van der Waals surface area contributed by atoms with E-state index in [0.717, 1.165) is 5.69 Å². The molecule has 1 aliphatic rings. The highest BCUT2D eigenvalue weighted by atomic mass is 15.4. The van der Waals surface area contributed by atoms with Crippen molar-refractivity contribution in [2.24, 2.45) is 0 Å². The van der Waals surface area contributed by atoms with Crippen LogP contribution in [0.3, 0.4) is 0 Å². The fourth-order valence-corrected chi connectivity index (χ4v) is 2.73. The molecule has 0 N–H and O–H groups in total. The van der Waals surface area contributed by atoms with Crippen LogP contribution in [0.2, 0.25) is 0 Å². The Bertz CT molecular complexity index is 408. The molecule has 0 amide bonds. The smallest absolute Gasteiger partial charge is 0.100 e. The molecule has 4 heteroatoms. The van der Waals surface area contributed by atoms with Gasteiger partial charge < -0.3 is 0 Å². The van der Waals surface area contributed by atoms with Crippen LogP contribution >= 0.6 is 0 Å². The van der Waals surface area contributed by atoms with Gasteiger partial charge in [0.1, 0.15) is 5.69 Å². The maximum Gasteiger partial charge on any atom is 0.100 e. The summed E-state index contributed by atoms with van der Waals surface area (Å²) in [5.41, 5.74) is 2.03. The van der Waals surface area contributed by atoms with Gasteiger partial charge in [-0.2, -0.15) is 5.26 Å². The zero-order valence-electron chi connectivity index (χ0n) is 10.7.